The number of nitrogens with one attached hydrogen (secondary N) is 1. The van der Waals surface area contributed by atoms with E-state index < -0.39 is 0 Å². The summed E-state index contributed by atoms with van der Waals surface area (Å²) in [6, 6.07) is 7.82. The van der Waals surface area contributed by atoms with E-state index in [4.69, 9.17) is 10.5 Å². The van der Waals surface area contributed by atoms with Gasteiger partial charge < -0.3 is 15.8 Å². The first-order valence-corrected chi connectivity index (χ1v) is 5.94. The van der Waals surface area contributed by atoms with Crippen molar-refractivity contribution in [2.45, 2.75) is 32.9 Å². The van der Waals surface area contributed by atoms with Gasteiger partial charge in [-0.3, -0.25) is 0 Å². The fraction of sp³-hybridized carbons (Fsp3) is 0.462. The minimum Gasteiger partial charge on any atom is -0.450 e. The molecule has 17 heavy (non-hydrogen) atoms. The molecule has 0 aliphatic rings. The second-order valence-electron chi connectivity index (χ2n) is 3.87. The fourth-order valence-electron chi connectivity index (χ4n) is 1.40. The van der Waals surface area contributed by atoms with E-state index in [0.717, 1.165) is 24.0 Å². The molecule has 0 aliphatic heterocycles. The van der Waals surface area contributed by atoms with Gasteiger partial charge in [0.1, 0.15) is 0 Å². The van der Waals surface area contributed by atoms with Gasteiger partial charge in [-0.25, -0.2) is 4.79 Å². The molecule has 0 saturated heterocycles. The molecule has 0 atom stereocenters. The molecule has 1 rings (SSSR count). The average molecular weight is 236 g/mol. The Morgan fingerprint density at radius 3 is 2.88 bits per heavy atom. The Bertz CT molecular complexity index is 353. The Balaban J connectivity index is 2.31. The van der Waals surface area contributed by atoms with Crippen LogP contribution in [-0.4, -0.2) is 12.7 Å². The Morgan fingerprint density at radius 1 is 1.41 bits per heavy atom. The molecular formula is C13H20N2O2. The SMILES string of the molecule is CCCCOC(=O)NCc1cccc(CN)c1. The first-order chi connectivity index (χ1) is 8.26. The molecule has 1 aromatic rings. The van der Waals surface area contributed by atoms with Crippen molar-refractivity contribution in [3.05, 3.63) is 35.4 Å². The molecule has 1 aromatic carbocycles. The van der Waals surface area contributed by atoms with E-state index in [1.54, 1.807) is 0 Å². The topological polar surface area (TPSA) is 64.3 Å². The maximum Gasteiger partial charge on any atom is 0.407 e. The smallest absolute Gasteiger partial charge is 0.407 e. The number of rotatable bonds is 6. The molecule has 0 spiro atoms. The van der Waals surface area contributed by atoms with Crippen LogP contribution in [0.15, 0.2) is 24.3 Å². The average Bonchev–Trinajstić information content (AvgIpc) is 2.37. The lowest BCUT2D eigenvalue weighted by atomic mass is 10.1. The molecule has 3 N–H and O–H groups in total. The van der Waals surface area contributed by atoms with Crippen LogP contribution in [0.4, 0.5) is 4.79 Å². The minimum absolute atomic E-state index is 0.364. The van der Waals surface area contributed by atoms with E-state index in [9.17, 15) is 4.79 Å². The predicted octanol–water partition coefficient (Wildman–Crippen LogP) is 2.17. The van der Waals surface area contributed by atoms with Crippen molar-refractivity contribution >= 4 is 6.09 Å². The van der Waals surface area contributed by atoms with Crippen LogP contribution in [0.2, 0.25) is 0 Å². The molecule has 0 bridgehead atoms. The Hall–Kier alpha value is -1.55. The number of nitrogens with two attached hydrogens (primary N) is 1. The molecule has 0 radical (unpaired) electrons. The zero-order valence-corrected chi connectivity index (χ0v) is 10.2. The number of carbonyl (C=O) groups is 1. The van der Waals surface area contributed by atoms with Crippen molar-refractivity contribution in [2.24, 2.45) is 5.73 Å². The molecule has 0 unspecified atom stereocenters. The van der Waals surface area contributed by atoms with Gasteiger partial charge in [0.05, 0.1) is 6.61 Å². The van der Waals surface area contributed by atoms with E-state index >= 15 is 0 Å². The highest BCUT2D eigenvalue weighted by Crippen LogP contribution is 2.04. The quantitative estimate of drug-likeness (QED) is 0.744. The Labute approximate surface area is 102 Å². The summed E-state index contributed by atoms with van der Waals surface area (Å²) in [7, 11) is 0. The normalized spacial score (nSPS) is 10.0. The van der Waals surface area contributed by atoms with Crippen LogP contribution in [0.3, 0.4) is 0 Å². The number of carbonyl (C=O) groups excluding carboxylic acids is 1. The summed E-state index contributed by atoms with van der Waals surface area (Å²) in [5, 5.41) is 2.71. The molecule has 0 fully saturated rings. The van der Waals surface area contributed by atoms with Gasteiger partial charge >= 0.3 is 6.09 Å². The Morgan fingerprint density at radius 2 is 2.18 bits per heavy atom. The maximum atomic E-state index is 11.3. The zero-order valence-electron chi connectivity index (χ0n) is 10.2. The molecule has 0 aliphatic carbocycles. The summed E-state index contributed by atoms with van der Waals surface area (Å²) in [6.07, 6.45) is 1.55. The first kappa shape index (κ1) is 13.5. The van der Waals surface area contributed by atoms with Gasteiger partial charge in [-0.15, -0.1) is 0 Å². The van der Waals surface area contributed by atoms with Crippen LogP contribution in [0.1, 0.15) is 30.9 Å². The number of unbranched alkanes of at least 4 members (excludes halogenated alkanes) is 1. The molecule has 0 aromatic heterocycles. The van der Waals surface area contributed by atoms with E-state index in [1.165, 1.54) is 0 Å². The lowest BCUT2D eigenvalue weighted by molar-refractivity contribution is 0.144. The van der Waals surface area contributed by atoms with E-state index in [2.05, 4.69) is 12.2 Å². The van der Waals surface area contributed by atoms with E-state index in [-0.39, 0.29) is 6.09 Å². The third-order valence-corrected chi connectivity index (χ3v) is 2.39. The van der Waals surface area contributed by atoms with Crippen molar-refractivity contribution in [3.63, 3.8) is 0 Å². The summed E-state index contributed by atoms with van der Waals surface area (Å²) in [5.41, 5.74) is 7.63. The van der Waals surface area contributed by atoms with Crippen molar-refractivity contribution in [1.29, 1.82) is 0 Å². The third kappa shape index (κ3) is 5.36. The van der Waals surface area contributed by atoms with Gasteiger partial charge in [-0.05, 0) is 17.5 Å². The second-order valence-corrected chi connectivity index (χ2v) is 3.87. The van der Waals surface area contributed by atoms with Crippen LogP contribution in [0.25, 0.3) is 0 Å². The largest absolute Gasteiger partial charge is 0.450 e. The van der Waals surface area contributed by atoms with E-state index in [0.29, 0.717) is 19.7 Å². The maximum absolute atomic E-state index is 11.3. The van der Waals surface area contributed by atoms with Gasteiger partial charge in [0.2, 0.25) is 0 Å². The van der Waals surface area contributed by atoms with Crippen molar-refractivity contribution in [3.8, 4) is 0 Å². The molecule has 0 heterocycles. The number of ether oxygens (including phenoxy) is 1. The highest BCUT2D eigenvalue weighted by molar-refractivity contribution is 5.67. The van der Waals surface area contributed by atoms with Gasteiger partial charge in [0.25, 0.3) is 0 Å². The zero-order chi connectivity index (χ0) is 12.5. The molecule has 4 heteroatoms. The number of hydrogen-bond acceptors (Lipinski definition) is 3. The first-order valence-electron chi connectivity index (χ1n) is 5.94. The van der Waals surface area contributed by atoms with Crippen LogP contribution in [0.5, 0.6) is 0 Å². The van der Waals surface area contributed by atoms with Crippen LogP contribution in [-0.2, 0) is 17.8 Å². The standard InChI is InChI=1S/C13H20N2O2/c1-2-3-7-17-13(16)15-10-12-6-4-5-11(8-12)9-14/h4-6,8H,2-3,7,9-10,14H2,1H3,(H,15,16). The summed E-state index contributed by atoms with van der Waals surface area (Å²) in [4.78, 5) is 11.3. The number of hydrogen-bond donors (Lipinski definition) is 2. The fourth-order valence-corrected chi connectivity index (χ4v) is 1.40. The molecule has 4 nitrogen and oxygen atoms in total. The van der Waals surface area contributed by atoms with Gasteiger partial charge in [-0.1, -0.05) is 37.6 Å². The van der Waals surface area contributed by atoms with Crippen LogP contribution in [0, 0.1) is 0 Å². The highest BCUT2D eigenvalue weighted by Gasteiger charge is 2.01. The number of alkyl carbamates (subject to hydrolysis) is 1. The monoisotopic (exact) mass is 236 g/mol. The van der Waals surface area contributed by atoms with Gasteiger partial charge in [0.15, 0.2) is 0 Å². The highest BCUT2D eigenvalue weighted by atomic mass is 16.5. The molecule has 94 valence electrons. The third-order valence-electron chi connectivity index (χ3n) is 2.39. The summed E-state index contributed by atoms with van der Waals surface area (Å²) >= 11 is 0. The Kier molecular flexibility index (Phi) is 6.10. The van der Waals surface area contributed by atoms with Gasteiger partial charge in [-0.2, -0.15) is 0 Å². The molecule has 1 amide bonds. The van der Waals surface area contributed by atoms with Crippen molar-refractivity contribution in [1.82, 2.24) is 5.32 Å². The lowest BCUT2D eigenvalue weighted by Gasteiger charge is -2.07. The minimum atomic E-state index is -0.364. The van der Waals surface area contributed by atoms with Crippen LogP contribution >= 0.6 is 0 Å². The van der Waals surface area contributed by atoms with Gasteiger partial charge in [0, 0.05) is 13.1 Å². The predicted molar refractivity (Wildman–Crippen MR) is 67.4 cm³/mol. The van der Waals surface area contributed by atoms with Crippen LogP contribution < -0.4 is 11.1 Å². The van der Waals surface area contributed by atoms with Crippen molar-refractivity contribution in [2.75, 3.05) is 6.61 Å². The number of benzene rings is 1. The van der Waals surface area contributed by atoms with E-state index in [1.807, 2.05) is 24.3 Å². The lowest BCUT2D eigenvalue weighted by Crippen LogP contribution is -2.24. The summed E-state index contributed by atoms with van der Waals surface area (Å²) in [6.45, 7) is 3.51. The molecular weight excluding hydrogens is 216 g/mol. The number of amides is 1. The summed E-state index contributed by atoms with van der Waals surface area (Å²) < 4.78 is 4.99. The molecule has 0 saturated carbocycles. The summed E-state index contributed by atoms with van der Waals surface area (Å²) in [5.74, 6) is 0. The second kappa shape index (κ2) is 7.68. The van der Waals surface area contributed by atoms with Crippen molar-refractivity contribution < 1.29 is 9.53 Å².